The maximum Gasteiger partial charge on any atom is 0.329 e. The monoisotopic (exact) mass is 871 g/mol. The molecule has 3 aliphatic rings. The number of nitrogens with one attached hydrogen (secondary N) is 2. The van der Waals surface area contributed by atoms with E-state index in [2.05, 4.69) is 41.6 Å². The van der Waals surface area contributed by atoms with Crippen molar-refractivity contribution in [3.05, 3.63) is 130 Å². The number of hydrogen-bond donors (Lipinski definition) is 4. The van der Waals surface area contributed by atoms with Gasteiger partial charge in [0.15, 0.2) is 0 Å². The number of pyridine rings is 1. The fraction of sp³-hybridized carbons (Fsp3) is 0.423. The van der Waals surface area contributed by atoms with E-state index in [1.54, 1.807) is 12.1 Å². The highest BCUT2D eigenvalue weighted by atomic mass is 35.5. The fourth-order valence-electron chi connectivity index (χ4n) is 10.7. The maximum atomic E-state index is 13.1. The van der Waals surface area contributed by atoms with Gasteiger partial charge in [-0.15, -0.1) is 0 Å². The number of hydrogen-bond acceptors (Lipinski definition) is 7. The molecule has 1 unspecified atom stereocenters. The highest BCUT2D eigenvalue weighted by molar-refractivity contribution is 6.30. The van der Waals surface area contributed by atoms with Crippen molar-refractivity contribution < 1.29 is 34.1 Å². The lowest BCUT2D eigenvalue weighted by atomic mass is 9.59. The van der Waals surface area contributed by atoms with Crippen molar-refractivity contribution >= 4 is 45.9 Å². The van der Waals surface area contributed by atoms with Crippen molar-refractivity contribution in [2.75, 3.05) is 18.5 Å². The Bertz CT molecular complexity index is 2460. The third kappa shape index (κ3) is 9.81. The number of fused-ring (bicyclic) bond motifs is 4. The molecule has 1 fully saturated rings. The summed E-state index contributed by atoms with van der Waals surface area (Å²) in [5.41, 5.74) is 5.00. The van der Waals surface area contributed by atoms with Crippen LogP contribution >= 0.6 is 11.6 Å². The third-order valence-corrected chi connectivity index (χ3v) is 14.2. The van der Waals surface area contributed by atoms with E-state index in [1.807, 2.05) is 72.9 Å². The summed E-state index contributed by atoms with van der Waals surface area (Å²) in [4.78, 5) is 42.9. The molecule has 1 amide bonds. The number of carbonyl (C=O) groups is 3. The van der Waals surface area contributed by atoms with Crippen LogP contribution in [0.2, 0.25) is 5.02 Å². The van der Waals surface area contributed by atoms with Gasteiger partial charge in [-0.2, -0.15) is 0 Å². The zero-order chi connectivity index (χ0) is 44.1. The second-order valence-corrected chi connectivity index (χ2v) is 18.7. The number of anilines is 1. The van der Waals surface area contributed by atoms with E-state index in [1.165, 1.54) is 16.7 Å². The summed E-state index contributed by atoms with van der Waals surface area (Å²) in [6, 6.07) is 28.2. The molecule has 330 valence electrons. The van der Waals surface area contributed by atoms with E-state index < -0.39 is 23.5 Å². The number of carboxylic acids is 2. The van der Waals surface area contributed by atoms with Crippen LogP contribution in [0.4, 0.5) is 5.69 Å². The second kappa shape index (κ2) is 19.0. The van der Waals surface area contributed by atoms with E-state index in [0.29, 0.717) is 61.1 Å². The predicted molar refractivity (Wildman–Crippen MR) is 246 cm³/mol. The van der Waals surface area contributed by atoms with Crippen molar-refractivity contribution in [2.45, 2.75) is 114 Å². The standard InChI is InChI=1S/C52H58ClN3O7/c1-33(32-63-46-19-24-54-44-13-5-8-34(2)48(44)46)26-39-29-38-17-18-42(31-43(38)51(39)20-22-52(23-21-51,50(60)61)56-41-12-6-11-40(53)30-41)62-25-7-14-47(57)55-45(49(58)59)28-35-15-16-36-9-3-4-10-37(36)27-35/h3-4,6,9-12,15-19,24,27,30-31,33-34,39,45,56H,5,7-8,13-14,20-23,25-26,28-29,32H2,1-2H3,(H,55,57)(H,58,59)(H,60,61)/t33-,34-,39?,45-,51?,52?/m1/s1. The zero-order valence-corrected chi connectivity index (χ0v) is 37.0. The number of nitrogens with zero attached hydrogens (tertiary/aromatic N) is 1. The molecule has 5 aromatic rings. The molecule has 10 nitrogen and oxygen atoms in total. The molecule has 63 heavy (non-hydrogen) atoms. The van der Waals surface area contributed by atoms with Gasteiger partial charge in [-0.25, -0.2) is 9.59 Å². The number of rotatable bonds is 17. The number of carbonyl (C=O) groups excluding carboxylic acids is 1. The number of amides is 1. The predicted octanol–water partition coefficient (Wildman–Crippen LogP) is 10.3. The van der Waals surface area contributed by atoms with Crippen molar-refractivity contribution in [1.29, 1.82) is 0 Å². The largest absolute Gasteiger partial charge is 0.494 e. The van der Waals surface area contributed by atoms with E-state index >= 15 is 0 Å². The van der Waals surface area contributed by atoms with E-state index in [0.717, 1.165) is 59.9 Å². The van der Waals surface area contributed by atoms with Crippen molar-refractivity contribution in [2.24, 2.45) is 11.8 Å². The van der Waals surface area contributed by atoms with Crippen molar-refractivity contribution in [3.63, 3.8) is 0 Å². The molecule has 4 aromatic carbocycles. The summed E-state index contributed by atoms with van der Waals surface area (Å²) >= 11 is 6.31. The molecular formula is C52H58ClN3O7. The van der Waals surface area contributed by atoms with Crippen LogP contribution in [0.25, 0.3) is 10.8 Å². The van der Waals surface area contributed by atoms with Crippen LogP contribution in [0, 0.1) is 11.8 Å². The van der Waals surface area contributed by atoms with Gasteiger partial charge in [-0.05, 0) is 151 Å². The van der Waals surface area contributed by atoms with Gasteiger partial charge < -0.3 is 30.3 Å². The number of aromatic nitrogens is 1. The van der Waals surface area contributed by atoms with Crippen LogP contribution in [-0.2, 0) is 39.1 Å². The average Bonchev–Trinajstić information content (AvgIpc) is 3.55. The molecule has 0 bridgehead atoms. The molecule has 0 radical (unpaired) electrons. The molecular weight excluding hydrogens is 814 g/mol. The molecule has 11 heteroatoms. The smallest absolute Gasteiger partial charge is 0.329 e. The first-order chi connectivity index (χ1) is 30.4. The molecule has 4 atom stereocenters. The van der Waals surface area contributed by atoms with Crippen LogP contribution < -0.4 is 20.1 Å². The van der Waals surface area contributed by atoms with Gasteiger partial charge in [-0.1, -0.05) is 80.0 Å². The van der Waals surface area contributed by atoms with E-state index in [-0.39, 0.29) is 42.6 Å². The summed E-state index contributed by atoms with van der Waals surface area (Å²) in [7, 11) is 0. The normalized spacial score (nSPS) is 22.4. The number of aryl methyl sites for hydroxylation is 1. The SMILES string of the molecule is C[C@@H](COc1ccnc2c1[C@H](C)CCC2)CC1Cc2ccc(OCCCC(=O)N[C@H](Cc3ccc4ccccc4c3)C(=O)O)cc2C12CCC(Nc1cccc(Cl)c1)(C(=O)O)CC2. The Morgan fingerprint density at radius 1 is 0.921 bits per heavy atom. The van der Waals surface area contributed by atoms with Gasteiger partial charge in [-0.3, -0.25) is 9.78 Å². The van der Waals surface area contributed by atoms with Gasteiger partial charge in [0.2, 0.25) is 5.91 Å². The van der Waals surface area contributed by atoms with E-state index in [9.17, 15) is 24.6 Å². The first-order valence-corrected chi connectivity index (χ1v) is 22.9. The lowest BCUT2D eigenvalue weighted by molar-refractivity contribution is -0.144. The van der Waals surface area contributed by atoms with E-state index in [4.69, 9.17) is 21.1 Å². The minimum Gasteiger partial charge on any atom is -0.494 e. The maximum absolute atomic E-state index is 13.1. The molecule has 0 aliphatic heterocycles. The summed E-state index contributed by atoms with van der Waals surface area (Å²) in [5, 5.41) is 29.4. The summed E-state index contributed by atoms with van der Waals surface area (Å²) < 4.78 is 12.9. The first kappa shape index (κ1) is 44.0. The molecule has 8 rings (SSSR count). The number of benzene rings is 4. The minimum atomic E-state index is -1.14. The van der Waals surface area contributed by atoms with Gasteiger partial charge in [0.25, 0.3) is 0 Å². The molecule has 1 saturated carbocycles. The van der Waals surface area contributed by atoms with Crippen LogP contribution in [0.5, 0.6) is 11.5 Å². The highest BCUT2D eigenvalue weighted by Gasteiger charge is 2.54. The van der Waals surface area contributed by atoms with Crippen LogP contribution in [0.15, 0.2) is 97.2 Å². The Balaban J connectivity index is 0.939. The average molecular weight is 873 g/mol. The fourth-order valence-corrected chi connectivity index (χ4v) is 10.8. The summed E-state index contributed by atoms with van der Waals surface area (Å²) in [6.07, 6.45) is 9.90. The summed E-state index contributed by atoms with van der Waals surface area (Å²) in [5.74, 6) is 0.297. The Morgan fingerprint density at radius 2 is 1.73 bits per heavy atom. The third-order valence-electron chi connectivity index (χ3n) is 14.0. The lowest BCUT2D eigenvalue weighted by Crippen LogP contribution is -2.53. The number of carboxylic acid groups (broad SMARTS) is 2. The van der Waals surface area contributed by atoms with Crippen molar-refractivity contribution in [1.82, 2.24) is 10.3 Å². The summed E-state index contributed by atoms with van der Waals surface area (Å²) in [6.45, 7) is 5.38. The number of aliphatic carboxylic acids is 2. The van der Waals surface area contributed by atoms with Crippen LogP contribution in [0.3, 0.4) is 0 Å². The van der Waals surface area contributed by atoms with Gasteiger partial charge >= 0.3 is 11.9 Å². The number of halogens is 1. The Hall–Kier alpha value is -5.61. The van der Waals surface area contributed by atoms with Gasteiger partial charge in [0.05, 0.1) is 13.2 Å². The molecule has 1 heterocycles. The lowest BCUT2D eigenvalue weighted by Gasteiger charge is -2.47. The molecule has 1 aromatic heterocycles. The minimum absolute atomic E-state index is 0.122. The van der Waals surface area contributed by atoms with Crippen LogP contribution in [0.1, 0.15) is 106 Å². The molecule has 4 N–H and O–H groups in total. The number of ether oxygens (including phenoxy) is 2. The van der Waals surface area contributed by atoms with Crippen LogP contribution in [-0.4, -0.2) is 57.8 Å². The first-order valence-electron chi connectivity index (χ1n) is 22.6. The topological polar surface area (TPSA) is 147 Å². The zero-order valence-electron chi connectivity index (χ0n) is 36.2. The quantitative estimate of drug-likeness (QED) is 0.0671. The highest BCUT2D eigenvalue weighted by Crippen LogP contribution is 2.57. The van der Waals surface area contributed by atoms with Crippen molar-refractivity contribution in [3.8, 4) is 11.5 Å². The van der Waals surface area contributed by atoms with Gasteiger partial charge in [0, 0.05) is 41.0 Å². The molecule has 1 spiro atoms. The Labute approximate surface area is 374 Å². The molecule has 3 aliphatic carbocycles. The Kier molecular flexibility index (Phi) is 13.3. The second-order valence-electron chi connectivity index (χ2n) is 18.3. The molecule has 0 saturated heterocycles. The van der Waals surface area contributed by atoms with Gasteiger partial charge in [0.1, 0.15) is 23.1 Å². The Morgan fingerprint density at radius 3 is 2.51 bits per heavy atom.